The minimum atomic E-state index is -0.485. The molecule has 1 aromatic rings. The van der Waals surface area contributed by atoms with Crippen molar-refractivity contribution in [1.82, 2.24) is 0 Å². The molecule has 2 bridgehead atoms. The van der Waals surface area contributed by atoms with E-state index in [1.54, 1.807) is 24.3 Å². The summed E-state index contributed by atoms with van der Waals surface area (Å²) in [6, 6.07) is 8.98. The molecule has 5 heteroatoms. The Labute approximate surface area is 110 Å². The number of benzene rings is 1. The van der Waals surface area contributed by atoms with Gasteiger partial charge >= 0.3 is 0 Å². The highest BCUT2D eigenvalue weighted by molar-refractivity contribution is 6.19. The number of hydrogen-bond donors (Lipinski definition) is 0. The molecule has 0 aromatic heterocycles. The second-order valence-corrected chi connectivity index (χ2v) is 4.70. The number of hydrogen-bond acceptors (Lipinski definition) is 4. The lowest BCUT2D eigenvalue weighted by atomic mass is 10.1. The molecule has 19 heavy (non-hydrogen) atoms. The van der Waals surface area contributed by atoms with E-state index < -0.39 is 12.2 Å². The predicted octanol–water partition coefficient (Wildman–Crippen LogP) is 1.17. The Morgan fingerprint density at radius 3 is 2.26 bits per heavy atom. The Balaban J connectivity index is 1.90. The van der Waals surface area contributed by atoms with Crippen molar-refractivity contribution in [2.75, 3.05) is 4.90 Å². The Kier molecular flexibility index (Phi) is 2.80. The zero-order chi connectivity index (χ0) is 13.4. The van der Waals surface area contributed by atoms with Crippen molar-refractivity contribution in [3.8, 4) is 6.07 Å². The highest BCUT2D eigenvalue weighted by Crippen LogP contribution is 2.31. The summed E-state index contributed by atoms with van der Waals surface area (Å²) < 4.78 is 5.35. The van der Waals surface area contributed by atoms with Gasteiger partial charge < -0.3 is 4.74 Å². The van der Waals surface area contributed by atoms with Crippen molar-refractivity contribution in [3.05, 3.63) is 29.8 Å². The molecule has 2 amide bonds. The van der Waals surface area contributed by atoms with Crippen LogP contribution in [0.5, 0.6) is 0 Å². The van der Waals surface area contributed by atoms with Gasteiger partial charge in [0.2, 0.25) is 0 Å². The smallest absolute Gasteiger partial charge is 0.262 e. The molecule has 5 nitrogen and oxygen atoms in total. The van der Waals surface area contributed by atoms with Crippen LogP contribution in [-0.4, -0.2) is 24.0 Å². The van der Waals surface area contributed by atoms with E-state index in [0.717, 1.165) is 5.56 Å². The summed E-state index contributed by atoms with van der Waals surface area (Å²) in [7, 11) is 0. The topological polar surface area (TPSA) is 70.4 Å². The van der Waals surface area contributed by atoms with Gasteiger partial charge in [-0.05, 0) is 30.5 Å². The van der Waals surface area contributed by atoms with Crippen LogP contribution in [0.25, 0.3) is 0 Å². The van der Waals surface area contributed by atoms with E-state index in [-0.39, 0.29) is 11.8 Å². The Morgan fingerprint density at radius 1 is 1.16 bits per heavy atom. The quantitative estimate of drug-likeness (QED) is 0.745. The highest BCUT2D eigenvalue weighted by atomic mass is 16.5. The summed E-state index contributed by atoms with van der Waals surface area (Å²) in [5.41, 5.74) is 1.42. The normalized spacial score (nSPS) is 25.5. The van der Waals surface area contributed by atoms with Gasteiger partial charge in [-0.2, -0.15) is 5.26 Å². The monoisotopic (exact) mass is 256 g/mol. The number of morpholine rings is 1. The summed E-state index contributed by atoms with van der Waals surface area (Å²) in [5.74, 6) is -0.571. The molecule has 2 aliphatic heterocycles. The Bertz CT molecular complexity index is 551. The second-order valence-electron chi connectivity index (χ2n) is 4.70. The van der Waals surface area contributed by atoms with Gasteiger partial charge in [0.05, 0.1) is 18.2 Å². The van der Waals surface area contributed by atoms with Gasteiger partial charge in [0.1, 0.15) is 12.2 Å². The maximum absolute atomic E-state index is 12.1. The molecule has 2 aliphatic rings. The largest absolute Gasteiger partial charge is 0.355 e. The molecule has 0 spiro atoms. The molecule has 0 saturated carbocycles. The number of fused-ring (bicyclic) bond motifs is 2. The first-order chi connectivity index (χ1) is 9.20. The summed E-state index contributed by atoms with van der Waals surface area (Å²) in [6.45, 7) is 0. The number of anilines is 1. The van der Waals surface area contributed by atoms with Gasteiger partial charge in [0.25, 0.3) is 11.8 Å². The molecule has 2 atom stereocenters. The highest BCUT2D eigenvalue weighted by Gasteiger charge is 2.46. The van der Waals surface area contributed by atoms with Crippen LogP contribution in [0.2, 0.25) is 0 Å². The Hall–Kier alpha value is -2.19. The predicted molar refractivity (Wildman–Crippen MR) is 66.1 cm³/mol. The number of nitriles is 1. The van der Waals surface area contributed by atoms with Crippen LogP contribution in [0.3, 0.4) is 0 Å². The number of amides is 2. The maximum Gasteiger partial charge on any atom is 0.262 e. The average molecular weight is 256 g/mol. The van der Waals surface area contributed by atoms with Crippen LogP contribution < -0.4 is 4.90 Å². The van der Waals surface area contributed by atoms with Gasteiger partial charge in [0.15, 0.2) is 0 Å². The minimum absolute atomic E-state index is 0.285. The van der Waals surface area contributed by atoms with Crippen molar-refractivity contribution >= 4 is 17.5 Å². The van der Waals surface area contributed by atoms with E-state index in [1.165, 1.54) is 4.90 Å². The van der Waals surface area contributed by atoms with E-state index >= 15 is 0 Å². The molecule has 2 unspecified atom stereocenters. The van der Waals surface area contributed by atoms with Gasteiger partial charge in [-0.25, -0.2) is 4.90 Å². The molecule has 1 aromatic carbocycles. The number of carbonyl (C=O) groups excluding carboxylic acids is 2. The zero-order valence-corrected chi connectivity index (χ0v) is 10.2. The maximum atomic E-state index is 12.1. The molecule has 0 N–H and O–H groups in total. The fourth-order valence-electron chi connectivity index (χ4n) is 2.51. The summed E-state index contributed by atoms with van der Waals surface area (Å²) in [5, 5.41) is 8.61. The number of imide groups is 1. The van der Waals surface area contributed by atoms with E-state index in [9.17, 15) is 9.59 Å². The third kappa shape index (κ3) is 1.90. The average Bonchev–Trinajstić information content (AvgIpc) is 2.86. The lowest BCUT2D eigenvalue weighted by Gasteiger charge is -2.29. The molecule has 0 aliphatic carbocycles. The lowest BCUT2D eigenvalue weighted by Crippen LogP contribution is -2.52. The number of carbonyl (C=O) groups is 2. The first-order valence-corrected chi connectivity index (χ1v) is 6.20. The molecule has 96 valence electrons. The van der Waals surface area contributed by atoms with E-state index in [2.05, 4.69) is 6.07 Å². The standard InChI is InChI=1S/C14H12N2O3/c15-8-7-9-1-3-10(4-2-9)16-13(17)11-5-6-12(19-11)14(16)18/h1-4,11-12H,5-7H2. The first kappa shape index (κ1) is 11.9. The van der Waals surface area contributed by atoms with Gasteiger partial charge in [-0.15, -0.1) is 0 Å². The van der Waals surface area contributed by atoms with Gasteiger partial charge in [0, 0.05) is 0 Å². The van der Waals surface area contributed by atoms with E-state index in [1.807, 2.05) is 0 Å². The molecule has 2 heterocycles. The second kappa shape index (κ2) is 4.48. The van der Waals surface area contributed by atoms with Crippen LogP contribution in [0.1, 0.15) is 18.4 Å². The van der Waals surface area contributed by atoms with Crippen molar-refractivity contribution in [2.45, 2.75) is 31.5 Å². The van der Waals surface area contributed by atoms with Crippen LogP contribution in [-0.2, 0) is 20.7 Å². The molecule has 2 fully saturated rings. The lowest BCUT2D eigenvalue weighted by molar-refractivity contribution is -0.146. The molecular weight excluding hydrogens is 244 g/mol. The Morgan fingerprint density at radius 2 is 1.74 bits per heavy atom. The third-order valence-electron chi connectivity index (χ3n) is 3.49. The van der Waals surface area contributed by atoms with Crippen LogP contribution in [0, 0.1) is 11.3 Å². The van der Waals surface area contributed by atoms with E-state index in [4.69, 9.17) is 10.00 Å². The van der Waals surface area contributed by atoms with Crippen molar-refractivity contribution in [1.29, 1.82) is 5.26 Å². The first-order valence-electron chi connectivity index (χ1n) is 6.20. The SMILES string of the molecule is N#CCc1ccc(N2C(=O)C3CCC(O3)C2=O)cc1. The fourth-order valence-corrected chi connectivity index (χ4v) is 2.51. The fraction of sp³-hybridized carbons (Fsp3) is 0.357. The molecule has 3 rings (SSSR count). The van der Waals surface area contributed by atoms with Crippen LogP contribution in [0.15, 0.2) is 24.3 Å². The summed E-state index contributed by atoms with van der Waals surface area (Å²) in [4.78, 5) is 25.5. The molecule has 0 radical (unpaired) electrons. The van der Waals surface area contributed by atoms with Gasteiger partial charge in [-0.1, -0.05) is 12.1 Å². The molecule has 2 saturated heterocycles. The van der Waals surface area contributed by atoms with Crippen LogP contribution in [0.4, 0.5) is 5.69 Å². The zero-order valence-electron chi connectivity index (χ0n) is 10.2. The van der Waals surface area contributed by atoms with E-state index in [0.29, 0.717) is 24.9 Å². The summed E-state index contributed by atoms with van der Waals surface area (Å²) in [6.07, 6.45) is 0.565. The minimum Gasteiger partial charge on any atom is -0.355 e. The number of ether oxygens (including phenoxy) is 1. The number of nitrogens with zero attached hydrogens (tertiary/aromatic N) is 2. The van der Waals surface area contributed by atoms with Gasteiger partial charge in [-0.3, -0.25) is 9.59 Å². The number of rotatable bonds is 2. The van der Waals surface area contributed by atoms with Crippen LogP contribution >= 0.6 is 0 Å². The third-order valence-corrected chi connectivity index (χ3v) is 3.49. The van der Waals surface area contributed by atoms with Crippen molar-refractivity contribution in [3.63, 3.8) is 0 Å². The summed E-state index contributed by atoms with van der Waals surface area (Å²) >= 11 is 0. The molecular formula is C14H12N2O3. The van der Waals surface area contributed by atoms with Crippen molar-refractivity contribution < 1.29 is 14.3 Å². The van der Waals surface area contributed by atoms with Crippen molar-refractivity contribution in [2.24, 2.45) is 0 Å².